The molecule has 1 saturated heterocycles. The third kappa shape index (κ3) is 3.16. The molecule has 0 amide bonds. The molecule has 1 aliphatic carbocycles. The van der Waals surface area contributed by atoms with Crippen LogP contribution < -0.4 is 5.32 Å². The minimum atomic E-state index is -0.0446. The molecular weight excluding hydrogens is 190 g/mol. The second-order valence-corrected chi connectivity index (χ2v) is 5.04. The summed E-state index contributed by atoms with van der Waals surface area (Å²) in [5, 5.41) is 13.0. The standard InChI is InChI=1S/C12H23NO2/c1-9-10(6-7-15-9)8-13-11-2-4-12(14)5-3-11/h9-14H,2-8H2,1H3. The van der Waals surface area contributed by atoms with Gasteiger partial charge in [0.15, 0.2) is 0 Å². The Bertz CT molecular complexity index is 190. The summed E-state index contributed by atoms with van der Waals surface area (Å²) in [4.78, 5) is 0. The Kier molecular flexibility index (Phi) is 4.00. The van der Waals surface area contributed by atoms with Gasteiger partial charge in [-0.3, -0.25) is 0 Å². The van der Waals surface area contributed by atoms with E-state index >= 15 is 0 Å². The van der Waals surface area contributed by atoms with Crippen molar-refractivity contribution in [3.63, 3.8) is 0 Å². The van der Waals surface area contributed by atoms with E-state index in [4.69, 9.17) is 4.74 Å². The maximum absolute atomic E-state index is 9.40. The van der Waals surface area contributed by atoms with E-state index in [-0.39, 0.29) is 6.10 Å². The van der Waals surface area contributed by atoms with Crippen molar-refractivity contribution >= 4 is 0 Å². The minimum absolute atomic E-state index is 0.0446. The number of nitrogens with one attached hydrogen (secondary N) is 1. The van der Waals surface area contributed by atoms with Gasteiger partial charge in [0.1, 0.15) is 0 Å². The number of ether oxygens (including phenoxy) is 1. The first-order valence-corrected chi connectivity index (χ1v) is 6.28. The molecule has 15 heavy (non-hydrogen) atoms. The van der Waals surface area contributed by atoms with Crippen LogP contribution in [0.5, 0.6) is 0 Å². The quantitative estimate of drug-likeness (QED) is 0.742. The summed E-state index contributed by atoms with van der Waals surface area (Å²) in [6.07, 6.45) is 5.77. The fourth-order valence-electron chi connectivity index (χ4n) is 2.64. The summed E-state index contributed by atoms with van der Waals surface area (Å²) in [5.74, 6) is 0.692. The summed E-state index contributed by atoms with van der Waals surface area (Å²) in [7, 11) is 0. The van der Waals surface area contributed by atoms with Crippen LogP contribution in [0, 0.1) is 5.92 Å². The predicted octanol–water partition coefficient (Wildman–Crippen LogP) is 1.30. The van der Waals surface area contributed by atoms with E-state index in [2.05, 4.69) is 12.2 Å². The topological polar surface area (TPSA) is 41.5 Å². The first-order valence-electron chi connectivity index (χ1n) is 6.28. The molecule has 0 aromatic rings. The van der Waals surface area contributed by atoms with Gasteiger partial charge in [-0.1, -0.05) is 0 Å². The highest BCUT2D eigenvalue weighted by atomic mass is 16.5. The molecule has 1 aliphatic heterocycles. The minimum Gasteiger partial charge on any atom is -0.393 e. The maximum Gasteiger partial charge on any atom is 0.0588 e. The lowest BCUT2D eigenvalue weighted by Crippen LogP contribution is -2.38. The van der Waals surface area contributed by atoms with E-state index in [9.17, 15) is 5.11 Å². The van der Waals surface area contributed by atoms with Crippen LogP contribution in [0.4, 0.5) is 0 Å². The molecule has 0 aromatic heterocycles. The molecule has 3 nitrogen and oxygen atoms in total. The summed E-state index contributed by atoms with van der Waals surface area (Å²) < 4.78 is 5.54. The van der Waals surface area contributed by atoms with Crippen molar-refractivity contribution < 1.29 is 9.84 Å². The Morgan fingerprint density at radius 2 is 1.93 bits per heavy atom. The van der Waals surface area contributed by atoms with Gasteiger partial charge in [0.25, 0.3) is 0 Å². The highest BCUT2D eigenvalue weighted by Crippen LogP contribution is 2.22. The average Bonchev–Trinajstić information content (AvgIpc) is 2.63. The summed E-state index contributed by atoms with van der Waals surface area (Å²) >= 11 is 0. The molecule has 1 saturated carbocycles. The largest absolute Gasteiger partial charge is 0.393 e. The van der Waals surface area contributed by atoms with Gasteiger partial charge in [0.05, 0.1) is 12.2 Å². The molecule has 0 aromatic carbocycles. The second-order valence-electron chi connectivity index (χ2n) is 5.04. The summed E-state index contributed by atoms with van der Waals surface area (Å²) in [5.41, 5.74) is 0. The van der Waals surface area contributed by atoms with Crippen molar-refractivity contribution in [2.45, 2.75) is 57.3 Å². The van der Waals surface area contributed by atoms with Crippen molar-refractivity contribution in [3.8, 4) is 0 Å². The van der Waals surface area contributed by atoms with Crippen molar-refractivity contribution in [2.24, 2.45) is 5.92 Å². The summed E-state index contributed by atoms with van der Waals surface area (Å²) in [6, 6.07) is 0.626. The zero-order valence-corrected chi connectivity index (χ0v) is 9.61. The lowest BCUT2D eigenvalue weighted by molar-refractivity contribution is 0.0986. The van der Waals surface area contributed by atoms with Crippen LogP contribution in [0.15, 0.2) is 0 Å². The molecule has 88 valence electrons. The third-order valence-corrected chi connectivity index (χ3v) is 3.90. The Labute approximate surface area is 92.2 Å². The lowest BCUT2D eigenvalue weighted by atomic mass is 9.92. The maximum atomic E-state index is 9.40. The molecule has 2 rings (SSSR count). The molecule has 3 heteroatoms. The normalized spacial score (nSPS) is 42.0. The molecular formula is C12H23NO2. The second kappa shape index (κ2) is 5.28. The average molecular weight is 213 g/mol. The zero-order valence-electron chi connectivity index (χ0n) is 9.61. The highest BCUT2D eigenvalue weighted by molar-refractivity contribution is 4.80. The number of hydrogen-bond acceptors (Lipinski definition) is 3. The number of rotatable bonds is 3. The van der Waals surface area contributed by atoms with E-state index in [0.29, 0.717) is 18.1 Å². The smallest absolute Gasteiger partial charge is 0.0588 e. The predicted molar refractivity (Wildman–Crippen MR) is 59.8 cm³/mol. The van der Waals surface area contributed by atoms with Crippen LogP contribution in [-0.4, -0.2) is 36.5 Å². The van der Waals surface area contributed by atoms with E-state index in [1.165, 1.54) is 6.42 Å². The lowest BCUT2D eigenvalue weighted by Gasteiger charge is -2.27. The molecule has 0 spiro atoms. The van der Waals surface area contributed by atoms with Crippen molar-refractivity contribution in [3.05, 3.63) is 0 Å². The van der Waals surface area contributed by atoms with Gasteiger partial charge in [-0.15, -0.1) is 0 Å². The van der Waals surface area contributed by atoms with Crippen LogP contribution in [0.25, 0.3) is 0 Å². The molecule has 2 N–H and O–H groups in total. The van der Waals surface area contributed by atoms with Crippen molar-refractivity contribution in [1.82, 2.24) is 5.32 Å². The molecule has 0 radical (unpaired) electrons. The number of hydrogen-bond donors (Lipinski definition) is 2. The Morgan fingerprint density at radius 1 is 1.20 bits per heavy atom. The molecule has 2 atom stereocenters. The van der Waals surface area contributed by atoms with Gasteiger partial charge in [-0.2, -0.15) is 0 Å². The van der Waals surface area contributed by atoms with E-state index < -0.39 is 0 Å². The van der Waals surface area contributed by atoms with Crippen LogP contribution in [-0.2, 0) is 4.74 Å². The van der Waals surface area contributed by atoms with Crippen molar-refractivity contribution in [2.75, 3.05) is 13.2 Å². The molecule has 1 heterocycles. The summed E-state index contributed by atoms with van der Waals surface area (Å²) in [6.45, 7) is 4.18. The van der Waals surface area contributed by atoms with Gasteiger partial charge >= 0.3 is 0 Å². The van der Waals surface area contributed by atoms with Gasteiger partial charge in [0.2, 0.25) is 0 Å². The Hall–Kier alpha value is -0.120. The van der Waals surface area contributed by atoms with E-state index in [1.54, 1.807) is 0 Å². The molecule has 0 bridgehead atoms. The fourth-order valence-corrected chi connectivity index (χ4v) is 2.64. The number of aliphatic hydroxyl groups excluding tert-OH is 1. The highest BCUT2D eigenvalue weighted by Gasteiger charge is 2.25. The monoisotopic (exact) mass is 213 g/mol. The van der Waals surface area contributed by atoms with Crippen LogP contribution in [0.3, 0.4) is 0 Å². The first-order chi connectivity index (χ1) is 7.25. The Morgan fingerprint density at radius 3 is 2.53 bits per heavy atom. The van der Waals surface area contributed by atoms with E-state index in [1.807, 2.05) is 0 Å². The fraction of sp³-hybridized carbons (Fsp3) is 1.00. The molecule has 2 fully saturated rings. The molecule has 2 aliphatic rings. The number of aliphatic hydroxyl groups is 1. The van der Waals surface area contributed by atoms with Crippen LogP contribution in [0.1, 0.15) is 39.0 Å². The van der Waals surface area contributed by atoms with Gasteiger partial charge in [-0.05, 0) is 44.9 Å². The third-order valence-electron chi connectivity index (χ3n) is 3.90. The Balaban J connectivity index is 1.65. The van der Waals surface area contributed by atoms with Crippen LogP contribution >= 0.6 is 0 Å². The van der Waals surface area contributed by atoms with Crippen LogP contribution in [0.2, 0.25) is 0 Å². The SMILES string of the molecule is CC1OCCC1CNC1CCC(O)CC1. The van der Waals surface area contributed by atoms with Gasteiger partial charge < -0.3 is 15.2 Å². The van der Waals surface area contributed by atoms with Crippen molar-refractivity contribution in [1.29, 1.82) is 0 Å². The first kappa shape index (κ1) is 11.4. The zero-order chi connectivity index (χ0) is 10.7. The van der Waals surface area contributed by atoms with E-state index in [0.717, 1.165) is 38.8 Å². The molecule has 2 unspecified atom stereocenters. The van der Waals surface area contributed by atoms with Gasteiger partial charge in [0, 0.05) is 19.2 Å². The van der Waals surface area contributed by atoms with Gasteiger partial charge in [-0.25, -0.2) is 0 Å².